The first kappa shape index (κ1) is 16.6. The molecule has 0 radical (unpaired) electrons. The molecule has 0 spiro atoms. The van der Waals surface area contributed by atoms with Crippen molar-refractivity contribution in [3.05, 3.63) is 68.5 Å². The van der Waals surface area contributed by atoms with Crippen molar-refractivity contribution in [1.29, 1.82) is 0 Å². The molecule has 0 saturated heterocycles. The van der Waals surface area contributed by atoms with Crippen molar-refractivity contribution < 1.29 is 4.74 Å². The highest BCUT2D eigenvalue weighted by Gasteiger charge is 2.24. The van der Waals surface area contributed by atoms with Crippen LogP contribution in [0.1, 0.15) is 16.5 Å². The molecule has 0 aliphatic heterocycles. The van der Waals surface area contributed by atoms with Gasteiger partial charge in [-0.1, -0.05) is 30.3 Å². The minimum absolute atomic E-state index is 0.180. The van der Waals surface area contributed by atoms with Crippen molar-refractivity contribution in [2.75, 3.05) is 13.4 Å². The molecule has 118 valence electrons. The molecule has 0 amide bonds. The normalized spacial score (nSPS) is 13.8. The van der Waals surface area contributed by atoms with Gasteiger partial charge >= 0.3 is 5.69 Å². The average molecular weight is 320 g/mol. The highest BCUT2D eigenvalue weighted by molar-refractivity contribution is 7.98. The molecule has 1 N–H and O–H groups in total. The van der Waals surface area contributed by atoms with Gasteiger partial charge in [-0.05, 0) is 18.7 Å². The minimum atomic E-state index is -0.412. The van der Waals surface area contributed by atoms with E-state index in [1.165, 1.54) is 11.8 Å². The number of ether oxygens (including phenoxy) is 1. The van der Waals surface area contributed by atoms with Crippen LogP contribution in [0.5, 0.6) is 0 Å². The summed E-state index contributed by atoms with van der Waals surface area (Å²) in [5.74, 6) is 0. The first-order valence-electron chi connectivity index (χ1n) is 6.98. The molecule has 0 saturated carbocycles. The molecule has 0 aliphatic carbocycles. The van der Waals surface area contributed by atoms with Crippen molar-refractivity contribution in [2.24, 2.45) is 0 Å². The van der Waals surface area contributed by atoms with E-state index in [1.807, 2.05) is 36.6 Å². The summed E-state index contributed by atoms with van der Waals surface area (Å²) in [5.41, 5.74) is 0.888. The molecule has 1 aromatic heterocycles. The second-order valence-corrected chi connectivity index (χ2v) is 6.02. The van der Waals surface area contributed by atoms with Gasteiger partial charge in [0.25, 0.3) is 5.56 Å². The maximum absolute atomic E-state index is 12.1. The van der Waals surface area contributed by atoms with E-state index in [2.05, 4.69) is 4.98 Å². The number of aromatic nitrogens is 2. The average Bonchev–Trinajstić information content (AvgIpc) is 2.52. The second kappa shape index (κ2) is 7.47. The Balaban J connectivity index is 2.35. The Morgan fingerprint density at radius 2 is 1.95 bits per heavy atom. The van der Waals surface area contributed by atoms with Crippen molar-refractivity contribution in [3.63, 3.8) is 0 Å². The van der Waals surface area contributed by atoms with E-state index in [-0.39, 0.29) is 17.0 Å². The molecule has 0 bridgehead atoms. The summed E-state index contributed by atoms with van der Waals surface area (Å²) in [6.07, 6.45) is 4.03. The van der Waals surface area contributed by atoms with Crippen LogP contribution >= 0.6 is 11.8 Å². The van der Waals surface area contributed by atoms with Gasteiger partial charge < -0.3 is 4.74 Å². The fourth-order valence-corrected chi connectivity index (χ4v) is 3.26. The number of thioether (sulfide) groups is 1. The van der Waals surface area contributed by atoms with E-state index >= 15 is 0 Å². The first-order valence-corrected chi connectivity index (χ1v) is 8.27. The zero-order valence-corrected chi connectivity index (χ0v) is 13.7. The molecule has 1 aromatic carbocycles. The Morgan fingerprint density at radius 1 is 1.27 bits per heavy atom. The summed E-state index contributed by atoms with van der Waals surface area (Å²) in [6.45, 7) is 1.69. The zero-order chi connectivity index (χ0) is 16.1. The van der Waals surface area contributed by atoms with Crippen LogP contribution in [-0.4, -0.2) is 29.0 Å². The smallest absolute Gasteiger partial charge is 0.329 e. The number of aromatic amines is 1. The minimum Gasteiger partial charge on any atom is -0.378 e. The number of rotatable bonds is 6. The van der Waals surface area contributed by atoms with E-state index in [4.69, 9.17) is 4.74 Å². The van der Waals surface area contributed by atoms with Crippen LogP contribution in [0.15, 0.2) is 46.1 Å². The van der Waals surface area contributed by atoms with Gasteiger partial charge in [0, 0.05) is 25.3 Å². The Labute approximate surface area is 133 Å². The van der Waals surface area contributed by atoms with Crippen LogP contribution in [0, 0.1) is 6.92 Å². The van der Waals surface area contributed by atoms with E-state index < -0.39 is 5.69 Å². The van der Waals surface area contributed by atoms with Crippen molar-refractivity contribution in [2.45, 2.75) is 24.8 Å². The summed E-state index contributed by atoms with van der Waals surface area (Å²) in [6, 6.07) is 9.99. The summed E-state index contributed by atoms with van der Waals surface area (Å²) < 4.78 is 7.15. The van der Waals surface area contributed by atoms with E-state index in [1.54, 1.807) is 24.8 Å². The first-order chi connectivity index (χ1) is 10.6. The summed E-state index contributed by atoms with van der Waals surface area (Å²) in [5, 5.41) is -0.215. The Kier molecular flexibility index (Phi) is 5.63. The number of nitrogens with one attached hydrogen (secondary N) is 1. The van der Waals surface area contributed by atoms with Crippen molar-refractivity contribution in [3.8, 4) is 0 Å². The van der Waals surface area contributed by atoms with Gasteiger partial charge in [-0.25, -0.2) is 4.79 Å². The second-order valence-electron chi connectivity index (χ2n) is 5.07. The van der Waals surface area contributed by atoms with Gasteiger partial charge in [0.05, 0.1) is 6.10 Å². The third-order valence-corrected chi connectivity index (χ3v) is 4.58. The molecule has 6 heteroatoms. The monoisotopic (exact) mass is 320 g/mol. The molecular weight excluding hydrogens is 300 g/mol. The number of hydrogen-bond donors (Lipinski definition) is 1. The molecule has 0 aliphatic rings. The molecule has 0 fully saturated rings. The van der Waals surface area contributed by atoms with Crippen molar-refractivity contribution in [1.82, 2.24) is 9.55 Å². The lowest BCUT2D eigenvalue weighted by molar-refractivity contribution is 0.0835. The zero-order valence-electron chi connectivity index (χ0n) is 12.9. The standard InChI is InChI=1S/C16H20N2O3S/c1-11-10-18(16(20)17-14(11)19)15(22-3)13(21-2)9-12-7-5-4-6-8-12/h4-8,10,13,15H,9H2,1-3H3,(H,17,19,20)/t13-,15-/m0/s1. The van der Waals surface area contributed by atoms with Crippen LogP contribution in [0.4, 0.5) is 0 Å². The molecule has 0 unspecified atom stereocenters. The maximum Gasteiger partial charge on any atom is 0.329 e. The molecule has 2 atom stereocenters. The summed E-state index contributed by atoms with van der Waals surface area (Å²) in [4.78, 5) is 26.0. The van der Waals surface area contributed by atoms with E-state index in [0.29, 0.717) is 12.0 Å². The van der Waals surface area contributed by atoms with E-state index in [0.717, 1.165) is 5.56 Å². The maximum atomic E-state index is 12.1. The molecule has 5 nitrogen and oxygen atoms in total. The van der Waals surface area contributed by atoms with Gasteiger partial charge in [0.15, 0.2) is 0 Å². The lowest BCUT2D eigenvalue weighted by Crippen LogP contribution is -2.37. The van der Waals surface area contributed by atoms with Gasteiger partial charge in [-0.3, -0.25) is 14.3 Å². The quantitative estimate of drug-likeness (QED) is 0.884. The van der Waals surface area contributed by atoms with Crippen LogP contribution in [0.3, 0.4) is 0 Å². The highest BCUT2D eigenvalue weighted by Crippen LogP contribution is 2.26. The van der Waals surface area contributed by atoms with Crippen LogP contribution in [0.25, 0.3) is 0 Å². The predicted molar refractivity (Wildman–Crippen MR) is 89.6 cm³/mol. The molecule has 1 heterocycles. The largest absolute Gasteiger partial charge is 0.378 e. The third kappa shape index (κ3) is 3.69. The molecule has 2 rings (SSSR count). The number of hydrogen-bond acceptors (Lipinski definition) is 4. The van der Waals surface area contributed by atoms with Gasteiger partial charge in [-0.15, -0.1) is 11.8 Å². The van der Waals surface area contributed by atoms with Gasteiger partial charge in [0.1, 0.15) is 5.37 Å². The Bertz CT molecular complexity index is 724. The van der Waals surface area contributed by atoms with Gasteiger partial charge in [0.2, 0.25) is 0 Å². The fraction of sp³-hybridized carbons (Fsp3) is 0.375. The Hall–Kier alpha value is -1.79. The van der Waals surface area contributed by atoms with Crippen LogP contribution < -0.4 is 11.2 Å². The number of benzene rings is 1. The van der Waals surface area contributed by atoms with Crippen LogP contribution in [0.2, 0.25) is 0 Å². The molecule has 2 aromatic rings. The highest BCUT2D eigenvalue weighted by atomic mass is 32.2. The lowest BCUT2D eigenvalue weighted by Gasteiger charge is -2.26. The number of nitrogens with zero attached hydrogens (tertiary/aromatic N) is 1. The van der Waals surface area contributed by atoms with Crippen LogP contribution in [-0.2, 0) is 11.2 Å². The summed E-state index contributed by atoms with van der Waals surface area (Å²) in [7, 11) is 1.64. The van der Waals surface area contributed by atoms with E-state index in [9.17, 15) is 9.59 Å². The SMILES string of the molecule is CO[C@@H](Cc1ccccc1)[C@H](SC)n1cc(C)c(=O)[nH]c1=O. The Morgan fingerprint density at radius 3 is 2.55 bits per heavy atom. The van der Waals surface area contributed by atoms with Gasteiger partial charge in [-0.2, -0.15) is 0 Å². The number of methoxy groups -OCH3 is 1. The topological polar surface area (TPSA) is 64.1 Å². The number of aryl methyl sites for hydroxylation is 1. The lowest BCUT2D eigenvalue weighted by atomic mass is 10.1. The predicted octanol–water partition coefficient (Wildman–Crippen LogP) is 1.96. The number of H-pyrrole nitrogens is 1. The fourth-order valence-electron chi connectivity index (χ4n) is 2.37. The summed E-state index contributed by atoms with van der Waals surface area (Å²) >= 11 is 1.52. The molecule has 22 heavy (non-hydrogen) atoms. The third-order valence-electron chi connectivity index (χ3n) is 3.56. The van der Waals surface area contributed by atoms with Crippen molar-refractivity contribution >= 4 is 11.8 Å². The molecular formula is C16H20N2O3S.